The van der Waals surface area contributed by atoms with Crippen LogP contribution in [0.3, 0.4) is 0 Å². The molecule has 152 valence electrons. The molecule has 0 atom stereocenters. The van der Waals surface area contributed by atoms with Crippen molar-refractivity contribution in [2.45, 2.75) is 0 Å². The van der Waals surface area contributed by atoms with Gasteiger partial charge in [0.2, 0.25) is 0 Å². The minimum atomic E-state index is -0.783. The highest BCUT2D eigenvalue weighted by atomic mass is 32.1. The average molecular weight is 415 g/mol. The zero-order valence-corrected chi connectivity index (χ0v) is 16.9. The minimum absolute atomic E-state index is 0.249. The van der Waals surface area contributed by atoms with Crippen molar-refractivity contribution < 1.29 is 18.6 Å². The molecular formula is C21H22FN3O3S. The first-order valence-corrected chi connectivity index (χ1v) is 10.1. The van der Waals surface area contributed by atoms with Crippen LogP contribution in [0.1, 0.15) is 0 Å². The van der Waals surface area contributed by atoms with E-state index in [0.29, 0.717) is 19.8 Å². The van der Waals surface area contributed by atoms with E-state index in [4.69, 9.17) is 14.5 Å². The Morgan fingerprint density at radius 2 is 1.83 bits per heavy atom. The first kappa shape index (κ1) is 19.6. The van der Waals surface area contributed by atoms with Crippen molar-refractivity contribution in [1.29, 1.82) is 0 Å². The summed E-state index contributed by atoms with van der Waals surface area (Å²) in [5.41, 5.74) is 4.22. The predicted octanol–water partition coefficient (Wildman–Crippen LogP) is 4.60. The molecule has 1 N–H and O–H groups in total. The van der Waals surface area contributed by atoms with Gasteiger partial charge in [0.15, 0.2) is 11.8 Å². The number of anilines is 1. The summed E-state index contributed by atoms with van der Waals surface area (Å²) in [6.07, 6.45) is 2.07. The van der Waals surface area contributed by atoms with Gasteiger partial charge >= 0.3 is 0 Å². The summed E-state index contributed by atoms with van der Waals surface area (Å²) in [5, 5.41) is 3.12. The maximum Gasteiger partial charge on any atom is 0.195 e. The number of nitrogens with zero attached hydrogens (tertiary/aromatic N) is 2. The predicted molar refractivity (Wildman–Crippen MR) is 114 cm³/mol. The van der Waals surface area contributed by atoms with Gasteiger partial charge in [0.05, 0.1) is 35.7 Å². The van der Waals surface area contributed by atoms with Gasteiger partial charge in [0, 0.05) is 24.5 Å². The lowest BCUT2D eigenvalue weighted by atomic mass is 10.1. The molecule has 2 aromatic carbocycles. The van der Waals surface area contributed by atoms with Gasteiger partial charge in [-0.25, -0.2) is 9.37 Å². The smallest absolute Gasteiger partial charge is 0.195 e. The Morgan fingerprint density at radius 1 is 1.03 bits per heavy atom. The second kappa shape index (κ2) is 9.21. The van der Waals surface area contributed by atoms with Crippen LogP contribution in [0.5, 0.6) is 5.75 Å². The summed E-state index contributed by atoms with van der Waals surface area (Å²) in [4.78, 5) is 5.72. The Hall–Kier alpha value is -2.68. The molecule has 4 aromatic rings. The van der Waals surface area contributed by atoms with Gasteiger partial charge in [-0.3, -0.25) is 4.40 Å². The van der Waals surface area contributed by atoms with Gasteiger partial charge in [-0.1, -0.05) is 23.5 Å². The van der Waals surface area contributed by atoms with E-state index in [9.17, 15) is 4.39 Å². The van der Waals surface area contributed by atoms with Crippen LogP contribution in [0, 0.1) is 0 Å². The summed E-state index contributed by atoms with van der Waals surface area (Å²) in [6, 6.07) is 14.2. The van der Waals surface area contributed by atoms with Gasteiger partial charge in [-0.15, -0.1) is 0 Å². The van der Waals surface area contributed by atoms with Crippen LogP contribution in [-0.4, -0.2) is 49.7 Å². The lowest BCUT2D eigenvalue weighted by molar-refractivity contribution is 0.00423. The summed E-state index contributed by atoms with van der Waals surface area (Å²) < 4.78 is 30.6. The number of hydrogen-bond donors (Lipinski definition) is 1. The lowest BCUT2D eigenvalue weighted by Gasteiger charge is -2.07. The maximum absolute atomic E-state index is 11.8. The van der Waals surface area contributed by atoms with E-state index in [1.54, 1.807) is 11.3 Å². The topological polar surface area (TPSA) is 57.0 Å². The highest BCUT2D eigenvalue weighted by Crippen LogP contribution is 2.32. The van der Waals surface area contributed by atoms with Crippen LogP contribution in [0.2, 0.25) is 0 Å². The van der Waals surface area contributed by atoms with Gasteiger partial charge in [0.1, 0.15) is 12.4 Å². The third kappa shape index (κ3) is 4.50. The van der Waals surface area contributed by atoms with Crippen LogP contribution in [0.4, 0.5) is 10.1 Å². The zero-order chi connectivity index (χ0) is 20.1. The molecule has 0 aliphatic rings. The maximum atomic E-state index is 11.8. The second-order valence-corrected chi connectivity index (χ2v) is 7.32. The van der Waals surface area contributed by atoms with Crippen LogP contribution in [0.25, 0.3) is 26.4 Å². The summed E-state index contributed by atoms with van der Waals surface area (Å²) in [5.74, 6) is 0.786. The second-order valence-electron chi connectivity index (χ2n) is 6.32. The van der Waals surface area contributed by atoms with Crippen LogP contribution >= 0.6 is 11.3 Å². The molecule has 0 bridgehead atoms. The van der Waals surface area contributed by atoms with Gasteiger partial charge in [-0.05, 0) is 30.3 Å². The number of rotatable bonds is 10. The first-order valence-electron chi connectivity index (χ1n) is 9.32. The van der Waals surface area contributed by atoms with Crippen LogP contribution < -0.4 is 10.1 Å². The highest BCUT2D eigenvalue weighted by molar-refractivity contribution is 7.23. The summed E-state index contributed by atoms with van der Waals surface area (Å²) >= 11 is 1.63. The minimum Gasteiger partial charge on any atom is -0.491 e. The standard InChI is InChI=1S/C21H22FN3O3S/c1-23-16-4-2-15(3-5-16)18-13-25-19-7-6-17(12-20(19)29-21(25)24-18)28-11-10-26-8-9-27-14-22/h2-7,12-13,23H,8-11,14H2,1H3. The molecule has 0 saturated heterocycles. The number of fused-ring (bicyclic) bond motifs is 3. The Labute approximate surface area is 171 Å². The van der Waals surface area contributed by atoms with E-state index in [1.165, 1.54) is 0 Å². The van der Waals surface area contributed by atoms with E-state index in [1.807, 2.05) is 37.4 Å². The molecule has 0 spiro atoms. The van der Waals surface area contributed by atoms with Crippen molar-refractivity contribution in [2.75, 3.05) is 45.7 Å². The lowest BCUT2D eigenvalue weighted by Crippen LogP contribution is -2.10. The molecule has 6 nitrogen and oxygen atoms in total. The Bertz CT molecular complexity index is 1080. The van der Waals surface area contributed by atoms with E-state index in [2.05, 4.69) is 32.8 Å². The van der Waals surface area contributed by atoms with Crippen LogP contribution in [0.15, 0.2) is 48.7 Å². The fourth-order valence-corrected chi connectivity index (χ4v) is 4.05. The van der Waals surface area contributed by atoms with E-state index >= 15 is 0 Å². The Kier molecular flexibility index (Phi) is 6.24. The molecule has 0 unspecified atom stereocenters. The SMILES string of the molecule is CNc1ccc(-c2cn3c(n2)sc2cc(OCCOCCOCF)ccc23)cc1. The molecule has 0 amide bonds. The largest absolute Gasteiger partial charge is 0.491 e. The monoisotopic (exact) mass is 415 g/mol. The number of ether oxygens (including phenoxy) is 3. The summed E-state index contributed by atoms with van der Waals surface area (Å²) in [7, 11) is 1.91. The van der Waals surface area contributed by atoms with Crippen molar-refractivity contribution in [3.63, 3.8) is 0 Å². The normalized spacial score (nSPS) is 11.4. The Morgan fingerprint density at radius 3 is 2.62 bits per heavy atom. The molecule has 4 rings (SSSR count). The number of nitrogens with one attached hydrogen (secondary N) is 1. The number of halogens is 1. The highest BCUT2D eigenvalue weighted by Gasteiger charge is 2.11. The van der Waals surface area contributed by atoms with Crippen molar-refractivity contribution in [1.82, 2.24) is 9.38 Å². The van der Waals surface area contributed by atoms with E-state index in [0.717, 1.165) is 37.9 Å². The van der Waals surface area contributed by atoms with Crippen molar-refractivity contribution >= 4 is 32.2 Å². The van der Waals surface area contributed by atoms with Crippen molar-refractivity contribution in [3.8, 4) is 17.0 Å². The molecule has 0 radical (unpaired) electrons. The third-order valence-electron chi connectivity index (χ3n) is 4.48. The Balaban J connectivity index is 1.43. The molecular weight excluding hydrogens is 393 g/mol. The number of thiazole rings is 1. The molecule has 2 aromatic heterocycles. The van der Waals surface area contributed by atoms with Gasteiger partial charge in [-0.2, -0.15) is 0 Å². The number of imidazole rings is 1. The van der Waals surface area contributed by atoms with Crippen LogP contribution in [-0.2, 0) is 9.47 Å². The van der Waals surface area contributed by atoms with Gasteiger partial charge in [0.25, 0.3) is 0 Å². The first-order chi connectivity index (χ1) is 14.3. The van der Waals surface area contributed by atoms with Gasteiger partial charge < -0.3 is 19.5 Å². The molecule has 0 aliphatic carbocycles. The molecule has 0 aliphatic heterocycles. The summed E-state index contributed by atoms with van der Waals surface area (Å²) in [6.45, 7) is 0.676. The quantitative estimate of drug-likeness (QED) is 0.384. The molecule has 8 heteroatoms. The van der Waals surface area contributed by atoms with Crippen molar-refractivity contribution in [2.24, 2.45) is 0 Å². The number of aromatic nitrogens is 2. The number of benzene rings is 2. The number of alkyl halides is 1. The fourth-order valence-electron chi connectivity index (χ4n) is 3.01. The molecule has 2 heterocycles. The van der Waals surface area contributed by atoms with E-state index in [-0.39, 0.29) is 6.61 Å². The zero-order valence-electron chi connectivity index (χ0n) is 16.1. The third-order valence-corrected chi connectivity index (χ3v) is 5.50. The number of hydrogen-bond acceptors (Lipinski definition) is 6. The van der Waals surface area contributed by atoms with E-state index < -0.39 is 6.86 Å². The average Bonchev–Trinajstić information content (AvgIpc) is 3.31. The molecule has 0 fully saturated rings. The molecule has 29 heavy (non-hydrogen) atoms. The fraction of sp³-hybridized carbons (Fsp3) is 0.286. The molecule has 0 saturated carbocycles. The van der Waals surface area contributed by atoms with Crippen molar-refractivity contribution in [3.05, 3.63) is 48.7 Å².